The molecule has 0 radical (unpaired) electrons. The van der Waals surface area contributed by atoms with Gasteiger partial charge in [-0.15, -0.1) is 0 Å². The van der Waals surface area contributed by atoms with Crippen molar-refractivity contribution >= 4 is 23.1 Å². The van der Waals surface area contributed by atoms with Gasteiger partial charge in [-0.2, -0.15) is 5.26 Å². The van der Waals surface area contributed by atoms with E-state index in [1.165, 1.54) is 18.2 Å². The summed E-state index contributed by atoms with van der Waals surface area (Å²) >= 11 is 5.86. The van der Waals surface area contributed by atoms with Crippen molar-refractivity contribution < 1.29 is 4.39 Å². The summed E-state index contributed by atoms with van der Waals surface area (Å²) in [6.45, 7) is 0. The summed E-state index contributed by atoms with van der Waals surface area (Å²) in [6, 6.07) is 10.9. The fourth-order valence-corrected chi connectivity index (χ4v) is 1.51. The number of pyridine rings is 1. The highest BCUT2D eigenvalue weighted by Gasteiger charge is 2.03. The van der Waals surface area contributed by atoms with Gasteiger partial charge in [-0.1, -0.05) is 17.7 Å². The van der Waals surface area contributed by atoms with Crippen LogP contribution in [0.15, 0.2) is 36.4 Å². The molecule has 1 aromatic carbocycles. The molecule has 1 aromatic heterocycles. The monoisotopic (exact) mass is 247 g/mol. The maximum absolute atomic E-state index is 12.8. The number of aromatic nitrogens is 1. The minimum Gasteiger partial charge on any atom is -0.339 e. The molecule has 0 aliphatic heterocycles. The molecule has 0 aliphatic carbocycles. The first-order valence-corrected chi connectivity index (χ1v) is 5.16. The standard InChI is InChI=1S/C12H7ClFN3/c13-10-6-8(14)4-5-11(10)17-12-3-1-2-9(7-15)16-12/h1-6H,(H,16,17). The summed E-state index contributed by atoms with van der Waals surface area (Å²) in [5.41, 5.74) is 0.837. The second-order valence-electron chi connectivity index (χ2n) is 3.27. The zero-order chi connectivity index (χ0) is 12.3. The number of nitrogens with zero attached hydrogens (tertiary/aromatic N) is 2. The molecule has 0 amide bonds. The van der Waals surface area contributed by atoms with Gasteiger partial charge >= 0.3 is 0 Å². The molecule has 0 saturated heterocycles. The molecule has 84 valence electrons. The molecule has 0 atom stereocenters. The Morgan fingerprint density at radius 1 is 1.29 bits per heavy atom. The highest BCUT2D eigenvalue weighted by Crippen LogP contribution is 2.25. The predicted molar refractivity (Wildman–Crippen MR) is 63.6 cm³/mol. The number of hydrogen-bond acceptors (Lipinski definition) is 3. The minimum absolute atomic E-state index is 0.258. The van der Waals surface area contributed by atoms with Crippen LogP contribution in [-0.4, -0.2) is 4.98 Å². The molecule has 5 heteroatoms. The Balaban J connectivity index is 2.28. The second-order valence-corrected chi connectivity index (χ2v) is 3.68. The lowest BCUT2D eigenvalue weighted by molar-refractivity contribution is 0.628. The summed E-state index contributed by atoms with van der Waals surface area (Å²) in [5.74, 6) is 0.0804. The lowest BCUT2D eigenvalue weighted by Gasteiger charge is -2.07. The molecule has 0 fully saturated rings. The lowest BCUT2D eigenvalue weighted by Crippen LogP contribution is -1.95. The summed E-state index contributed by atoms with van der Waals surface area (Å²) in [7, 11) is 0. The largest absolute Gasteiger partial charge is 0.339 e. The first-order chi connectivity index (χ1) is 8.19. The number of hydrogen-bond donors (Lipinski definition) is 1. The highest BCUT2D eigenvalue weighted by atomic mass is 35.5. The first kappa shape index (κ1) is 11.4. The molecule has 2 rings (SSSR count). The van der Waals surface area contributed by atoms with Crippen molar-refractivity contribution in [1.82, 2.24) is 4.98 Å². The highest BCUT2D eigenvalue weighted by molar-refractivity contribution is 6.33. The van der Waals surface area contributed by atoms with Gasteiger partial charge in [0.15, 0.2) is 0 Å². The van der Waals surface area contributed by atoms with Gasteiger partial charge < -0.3 is 5.32 Å². The molecular formula is C12H7ClFN3. The van der Waals surface area contributed by atoms with Gasteiger partial charge in [0.05, 0.1) is 10.7 Å². The Kier molecular flexibility index (Phi) is 3.22. The number of rotatable bonds is 2. The fourth-order valence-electron chi connectivity index (χ4n) is 1.30. The lowest BCUT2D eigenvalue weighted by atomic mass is 10.3. The van der Waals surface area contributed by atoms with Crippen LogP contribution in [0, 0.1) is 17.1 Å². The van der Waals surface area contributed by atoms with E-state index < -0.39 is 5.82 Å². The van der Waals surface area contributed by atoms with Crippen LogP contribution in [0.1, 0.15) is 5.69 Å². The molecule has 0 spiro atoms. The molecule has 1 N–H and O–H groups in total. The molecule has 17 heavy (non-hydrogen) atoms. The van der Waals surface area contributed by atoms with E-state index in [-0.39, 0.29) is 5.02 Å². The third-order valence-corrected chi connectivity index (χ3v) is 2.37. The van der Waals surface area contributed by atoms with Gasteiger partial charge in [-0.25, -0.2) is 9.37 Å². The van der Waals surface area contributed by atoms with Crippen LogP contribution >= 0.6 is 11.6 Å². The van der Waals surface area contributed by atoms with Crippen LogP contribution in [0.5, 0.6) is 0 Å². The normalized spacial score (nSPS) is 9.71. The average molecular weight is 248 g/mol. The minimum atomic E-state index is -0.403. The summed E-state index contributed by atoms with van der Waals surface area (Å²) in [5, 5.41) is 11.9. The maximum atomic E-state index is 12.8. The molecule has 0 aliphatic rings. The molecule has 1 heterocycles. The maximum Gasteiger partial charge on any atom is 0.142 e. The summed E-state index contributed by atoms with van der Waals surface area (Å²) < 4.78 is 12.8. The summed E-state index contributed by atoms with van der Waals surface area (Å²) in [6.07, 6.45) is 0. The Hall–Kier alpha value is -2.12. The van der Waals surface area contributed by atoms with Gasteiger partial charge in [0.2, 0.25) is 0 Å². The van der Waals surface area contributed by atoms with Gasteiger partial charge in [-0.3, -0.25) is 0 Å². The molecular weight excluding hydrogens is 241 g/mol. The van der Waals surface area contributed by atoms with Gasteiger partial charge in [0.25, 0.3) is 0 Å². The van der Waals surface area contributed by atoms with E-state index in [0.29, 0.717) is 17.2 Å². The molecule has 0 unspecified atom stereocenters. The predicted octanol–water partition coefficient (Wildman–Crippen LogP) is 3.49. The number of benzene rings is 1. The van der Waals surface area contributed by atoms with Crippen LogP contribution in [-0.2, 0) is 0 Å². The van der Waals surface area contributed by atoms with Crippen molar-refractivity contribution in [2.45, 2.75) is 0 Å². The van der Waals surface area contributed by atoms with Crippen molar-refractivity contribution in [2.24, 2.45) is 0 Å². The van der Waals surface area contributed by atoms with Crippen LogP contribution in [0.4, 0.5) is 15.9 Å². The third-order valence-electron chi connectivity index (χ3n) is 2.06. The van der Waals surface area contributed by atoms with E-state index in [1.54, 1.807) is 18.2 Å². The first-order valence-electron chi connectivity index (χ1n) is 4.78. The van der Waals surface area contributed by atoms with Gasteiger partial charge in [-0.05, 0) is 30.3 Å². The Bertz CT molecular complexity index is 593. The van der Waals surface area contributed by atoms with Crippen LogP contribution in [0.25, 0.3) is 0 Å². The quantitative estimate of drug-likeness (QED) is 0.884. The average Bonchev–Trinajstić information content (AvgIpc) is 2.33. The topological polar surface area (TPSA) is 48.7 Å². The van der Waals surface area contributed by atoms with Crippen molar-refractivity contribution in [1.29, 1.82) is 5.26 Å². The molecule has 0 bridgehead atoms. The van der Waals surface area contributed by atoms with Crippen LogP contribution < -0.4 is 5.32 Å². The number of nitriles is 1. The molecule has 2 aromatic rings. The van der Waals surface area contributed by atoms with Crippen molar-refractivity contribution in [3.05, 3.63) is 52.9 Å². The smallest absolute Gasteiger partial charge is 0.142 e. The summed E-state index contributed by atoms with van der Waals surface area (Å²) in [4.78, 5) is 4.03. The van der Waals surface area contributed by atoms with Crippen molar-refractivity contribution in [3.63, 3.8) is 0 Å². The van der Waals surface area contributed by atoms with Crippen molar-refractivity contribution in [3.8, 4) is 6.07 Å². The molecule has 0 saturated carbocycles. The van der Waals surface area contributed by atoms with Crippen LogP contribution in [0.3, 0.4) is 0 Å². The SMILES string of the molecule is N#Cc1cccc(Nc2ccc(F)cc2Cl)n1. The van der Waals surface area contributed by atoms with E-state index in [1.807, 2.05) is 6.07 Å². The van der Waals surface area contributed by atoms with E-state index in [4.69, 9.17) is 16.9 Å². The molecule has 3 nitrogen and oxygen atoms in total. The zero-order valence-corrected chi connectivity index (χ0v) is 9.37. The Morgan fingerprint density at radius 3 is 2.82 bits per heavy atom. The van der Waals surface area contributed by atoms with E-state index in [0.717, 1.165) is 0 Å². The Morgan fingerprint density at radius 2 is 2.12 bits per heavy atom. The number of nitrogens with one attached hydrogen (secondary N) is 1. The Labute approximate surface area is 102 Å². The van der Waals surface area contributed by atoms with Gasteiger partial charge in [0, 0.05) is 0 Å². The fraction of sp³-hybridized carbons (Fsp3) is 0. The third kappa shape index (κ3) is 2.71. The van der Waals surface area contributed by atoms with E-state index in [2.05, 4.69) is 10.3 Å². The van der Waals surface area contributed by atoms with Gasteiger partial charge in [0.1, 0.15) is 23.4 Å². The number of anilines is 2. The number of halogens is 2. The van der Waals surface area contributed by atoms with E-state index >= 15 is 0 Å². The second kappa shape index (κ2) is 4.81. The van der Waals surface area contributed by atoms with Crippen molar-refractivity contribution in [2.75, 3.05) is 5.32 Å². The van der Waals surface area contributed by atoms with Crippen LogP contribution in [0.2, 0.25) is 5.02 Å². The van der Waals surface area contributed by atoms with E-state index in [9.17, 15) is 4.39 Å². The zero-order valence-electron chi connectivity index (χ0n) is 8.61.